The Morgan fingerprint density at radius 3 is 2.54 bits per heavy atom. The van der Waals surface area contributed by atoms with Crippen LogP contribution in [0.5, 0.6) is 0 Å². The van der Waals surface area contributed by atoms with Crippen LogP contribution < -0.4 is 0 Å². The number of ether oxygens (including phenoxy) is 1. The number of halogens is 1. The molecule has 8 heteroatoms. The maximum atomic E-state index is 14.4. The number of amides is 2. The summed E-state index contributed by atoms with van der Waals surface area (Å²) in [5.41, 5.74) is 3.94. The number of carbonyl (C=O) groups excluding carboxylic acids is 2. The number of rotatable bonds is 5. The number of benzene rings is 2. The first-order valence-corrected chi connectivity index (χ1v) is 12.6. The van der Waals surface area contributed by atoms with Crippen molar-refractivity contribution in [2.24, 2.45) is 7.05 Å². The van der Waals surface area contributed by atoms with Gasteiger partial charge in [0.25, 0.3) is 5.91 Å². The summed E-state index contributed by atoms with van der Waals surface area (Å²) in [6.45, 7) is 12.7. The molecule has 0 unspecified atom stereocenters. The van der Waals surface area contributed by atoms with Crippen molar-refractivity contribution in [3.63, 3.8) is 0 Å². The van der Waals surface area contributed by atoms with Crippen molar-refractivity contribution in [3.05, 3.63) is 59.5 Å². The molecule has 37 heavy (non-hydrogen) atoms. The van der Waals surface area contributed by atoms with E-state index in [1.165, 1.54) is 12.1 Å². The van der Waals surface area contributed by atoms with E-state index in [1.54, 1.807) is 26.7 Å². The number of aromatic nitrogens is 2. The van der Waals surface area contributed by atoms with Gasteiger partial charge in [-0.05, 0) is 88.1 Å². The molecule has 3 aromatic rings. The quantitative estimate of drug-likeness (QED) is 0.433. The molecule has 2 heterocycles. The molecule has 0 fully saturated rings. The fourth-order valence-electron chi connectivity index (χ4n) is 4.71. The zero-order chi connectivity index (χ0) is 27.1. The topological polar surface area (TPSA) is 67.7 Å². The summed E-state index contributed by atoms with van der Waals surface area (Å²) in [5.74, 6) is -0.678. The second kappa shape index (κ2) is 10.00. The molecule has 4 rings (SSSR count). The Kier molecular flexibility index (Phi) is 7.13. The van der Waals surface area contributed by atoms with Gasteiger partial charge in [0.05, 0.1) is 17.3 Å². The van der Waals surface area contributed by atoms with Crippen molar-refractivity contribution in [2.75, 3.05) is 19.6 Å². The second-order valence-corrected chi connectivity index (χ2v) is 10.7. The van der Waals surface area contributed by atoms with Crippen LogP contribution in [0.15, 0.2) is 42.6 Å². The summed E-state index contributed by atoms with van der Waals surface area (Å²) in [7, 11) is 1.86. The summed E-state index contributed by atoms with van der Waals surface area (Å²) < 4.78 is 21.7. The van der Waals surface area contributed by atoms with Gasteiger partial charge in [-0.1, -0.05) is 12.1 Å². The maximum absolute atomic E-state index is 14.4. The Hall–Kier alpha value is -3.68. The normalized spacial score (nSPS) is 13.9. The van der Waals surface area contributed by atoms with Crippen LogP contribution in [0.1, 0.15) is 57.5 Å². The molecular weight excluding hydrogens is 471 g/mol. The van der Waals surface area contributed by atoms with Crippen LogP contribution >= 0.6 is 0 Å². The lowest BCUT2D eigenvalue weighted by Crippen LogP contribution is -2.37. The third-order valence-electron chi connectivity index (χ3n) is 6.54. The first-order valence-electron chi connectivity index (χ1n) is 12.6. The molecule has 1 aliphatic rings. The van der Waals surface area contributed by atoms with Gasteiger partial charge in [0.1, 0.15) is 11.4 Å². The lowest BCUT2D eigenvalue weighted by molar-refractivity contribution is 0.0306. The van der Waals surface area contributed by atoms with Crippen molar-refractivity contribution in [1.82, 2.24) is 19.6 Å². The predicted molar refractivity (Wildman–Crippen MR) is 144 cm³/mol. The average Bonchev–Trinajstić information content (AvgIpc) is 3.45. The Morgan fingerprint density at radius 2 is 1.89 bits per heavy atom. The molecule has 0 saturated heterocycles. The standard InChI is InChI=1S/C29H35FN4O3/c1-8-34(18(2)3)27(35)24-15-21(30)9-10-22(24)23-13-20(14-26-25(23)16-31-32(26)7)19-11-12-33(17-19)28(36)37-29(4,5)6/h9-11,13-16,18H,8,12,17H2,1-7H3. The Balaban J connectivity index is 1.80. The van der Waals surface area contributed by atoms with E-state index in [0.717, 1.165) is 27.6 Å². The monoisotopic (exact) mass is 506 g/mol. The number of hydrogen-bond acceptors (Lipinski definition) is 4. The van der Waals surface area contributed by atoms with Crippen LogP contribution in [-0.4, -0.2) is 62.9 Å². The first-order chi connectivity index (χ1) is 17.4. The van der Waals surface area contributed by atoms with Crippen molar-refractivity contribution in [3.8, 4) is 11.1 Å². The van der Waals surface area contributed by atoms with Crippen LogP contribution in [0.25, 0.3) is 27.6 Å². The van der Waals surface area contributed by atoms with Crippen molar-refractivity contribution in [1.29, 1.82) is 0 Å². The van der Waals surface area contributed by atoms with E-state index in [-0.39, 0.29) is 18.0 Å². The molecule has 0 radical (unpaired) electrons. The number of nitrogens with zero attached hydrogens (tertiary/aromatic N) is 4. The fourth-order valence-corrected chi connectivity index (χ4v) is 4.71. The average molecular weight is 507 g/mol. The van der Waals surface area contributed by atoms with E-state index in [4.69, 9.17) is 4.74 Å². The van der Waals surface area contributed by atoms with Gasteiger partial charge in [0.15, 0.2) is 0 Å². The zero-order valence-electron chi connectivity index (χ0n) is 22.6. The minimum absolute atomic E-state index is 0.0270. The molecule has 2 amide bonds. The molecule has 0 N–H and O–H groups in total. The van der Waals surface area contributed by atoms with Crippen molar-refractivity contribution >= 4 is 28.5 Å². The summed E-state index contributed by atoms with van der Waals surface area (Å²) >= 11 is 0. The molecule has 1 aromatic heterocycles. The van der Waals surface area contributed by atoms with Gasteiger partial charge in [-0.3, -0.25) is 9.48 Å². The summed E-state index contributed by atoms with van der Waals surface area (Å²) in [6, 6.07) is 8.37. The molecule has 0 spiro atoms. The second-order valence-electron chi connectivity index (χ2n) is 10.7. The van der Waals surface area contributed by atoms with Gasteiger partial charge in [-0.2, -0.15) is 5.10 Å². The molecule has 0 aliphatic carbocycles. The predicted octanol–water partition coefficient (Wildman–Crippen LogP) is 5.88. The highest BCUT2D eigenvalue weighted by atomic mass is 19.1. The summed E-state index contributed by atoms with van der Waals surface area (Å²) in [6.07, 6.45) is 3.42. The van der Waals surface area contributed by atoms with Crippen LogP contribution in [0.2, 0.25) is 0 Å². The number of fused-ring (bicyclic) bond motifs is 1. The first kappa shape index (κ1) is 26.4. The minimum atomic E-state index is -0.575. The Labute approximate surface area is 217 Å². The molecular formula is C29H35FN4O3. The van der Waals surface area contributed by atoms with E-state index < -0.39 is 11.4 Å². The third kappa shape index (κ3) is 5.38. The molecule has 0 atom stereocenters. The molecule has 0 saturated carbocycles. The van der Waals surface area contributed by atoms with E-state index in [9.17, 15) is 14.0 Å². The van der Waals surface area contributed by atoms with Gasteiger partial charge in [-0.15, -0.1) is 0 Å². The summed E-state index contributed by atoms with van der Waals surface area (Å²) in [5, 5.41) is 5.31. The molecule has 196 valence electrons. The largest absolute Gasteiger partial charge is 0.444 e. The van der Waals surface area contributed by atoms with Gasteiger partial charge in [0.2, 0.25) is 0 Å². The lowest BCUT2D eigenvalue weighted by atomic mass is 9.92. The lowest BCUT2D eigenvalue weighted by Gasteiger charge is -2.26. The number of aryl methyl sites for hydroxylation is 1. The molecule has 0 bridgehead atoms. The van der Waals surface area contributed by atoms with Crippen LogP contribution in [0.3, 0.4) is 0 Å². The smallest absolute Gasteiger partial charge is 0.410 e. The fraction of sp³-hybridized carbons (Fsp3) is 0.414. The number of hydrogen-bond donors (Lipinski definition) is 0. The van der Waals surface area contributed by atoms with Crippen molar-refractivity contribution < 1.29 is 18.7 Å². The van der Waals surface area contributed by atoms with Gasteiger partial charge < -0.3 is 14.5 Å². The molecule has 2 aromatic carbocycles. The van der Waals surface area contributed by atoms with Crippen LogP contribution in [0.4, 0.5) is 9.18 Å². The van der Waals surface area contributed by atoms with Gasteiger partial charge >= 0.3 is 6.09 Å². The SMILES string of the molecule is CCN(C(=O)c1cc(F)ccc1-c1cc(C2=CCN(C(=O)OC(C)(C)C)C2)cc2c1cnn2C)C(C)C. The van der Waals surface area contributed by atoms with E-state index in [2.05, 4.69) is 5.10 Å². The van der Waals surface area contributed by atoms with E-state index >= 15 is 0 Å². The molecule has 7 nitrogen and oxygen atoms in total. The Bertz CT molecular complexity index is 1380. The minimum Gasteiger partial charge on any atom is -0.444 e. The highest BCUT2D eigenvalue weighted by Gasteiger charge is 2.27. The summed E-state index contributed by atoms with van der Waals surface area (Å²) in [4.78, 5) is 29.6. The maximum Gasteiger partial charge on any atom is 0.410 e. The van der Waals surface area contributed by atoms with Crippen LogP contribution in [0, 0.1) is 5.82 Å². The molecule has 1 aliphatic heterocycles. The zero-order valence-corrected chi connectivity index (χ0v) is 22.6. The van der Waals surface area contributed by atoms with Gasteiger partial charge in [0, 0.05) is 38.1 Å². The Morgan fingerprint density at radius 1 is 1.16 bits per heavy atom. The highest BCUT2D eigenvalue weighted by Crippen LogP contribution is 2.36. The highest BCUT2D eigenvalue weighted by molar-refractivity contribution is 6.06. The van der Waals surface area contributed by atoms with Crippen molar-refractivity contribution in [2.45, 2.75) is 53.2 Å². The van der Waals surface area contributed by atoms with Gasteiger partial charge in [-0.25, -0.2) is 9.18 Å². The number of carbonyl (C=O) groups is 2. The van der Waals surface area contributed by atoms with E-state index in [0.29, 0.717) is 30.8 Å². The van der Waals surface area contributed by atoms with Crippen LogP contribution in [-0.2, 0) is 11.8 Å². The third-order valence-corrected chi connectivity index (χ3v) is 6.54. The van der Waals surface area contributed by atoms with E-state index in [1.807, 2.05) is 66.8 Å².